The molecule has 2 aliphatic heterocycles. The Morgan fingerprint density at radius 1 is 0.929 bits per heavy atom. The summed E-state index contributed by atoms with van der Waals surface area (Å²) in [4.78, 5) is 12.4. The van der Waals surface area contributed by atoms with Gasteiger partial charge in [0.15, 0.2) is 0 Å². The van der Waals surface area contributed by atoms with Crippen LogP contribution in [-0.4, -0.2) is 48.0 Å². The molecule has 3 heterocycles. The summed E-state index contributed by atoms with van der Waals surface area (Å²) in [6.07, 6.45) is 4.29. The van der Waals surface area contributed by atoms with E-state index in [0.717, 1.165) is 37.4 Å². The molecule has 2 aromatic rings. The van der Waals surface area contributed by atoms with E-state index in [9.17, 15) is 13.2 Å². The second-order valence-corrected chi connectivity index (χ2v) is 9.82. The highest BCUT2D eigenvalue weighted by atomic mass is 35.5. The van der Waals surface area contributed by atoms with Crippen LogP contribution in [-0.2, 0) is 24.1 Å². The highest BCUT2D eigenvalue weighted by Crippen LogP contribution is 2.33. The Labute approximate surface area is 172 Å². The van der Waals surface area contributed by atoms with Gasteiger partial charge in [-0.3, -0.25) is 9.13 Å². The number of benzene rings is 1. The Morgan fingerprint density at radius 2 is 1.50 bits per heavy atom. The molecule has 1 aromatic heterocycles. The molecule has 0 unspecified atom stereocenters. The zero-order chi connectivity index (χ0) is 19.2. The zero-order valence-electron chi connectivity index (χ0n) is 16.4. The lowest BCUT2D eigenvalue weighted by molar-refractivity contribution is 0.176. The van der Waals surface area contributed by atoms with Gasteiger partial charge in [-0.25, -0.2) is 13.2 Å². The number of aromatic nitrogens is 2. The Bertz CT molecular complexity index is 1000. The maximum absolute atomic E-state index is 13.1. The van der Waals surface area contributed by atoms with Gasteiger partial charge < -0.3 is 5.32 Å². The monoisotopic (exact) mass is 428 g/mol. The van der Waals surface area contributed by atoms with Crippen molar-refractivity contribution in [3.8, 4) is 0 Å². The van der Waals surface area contributed by atoms with E-state index < -0.39 is 10.0 Å². The van der Waals surface area contributed by atoms with Crippen LogP contribution in [0.15, 0.2) is 27.9 Å². The minimum atomic E-state index is -3.53. The summed E-state index contributed by atoms with van der Waals surface area (Å²) < 4.78 is 30.9. The van der Waals surface area contributed by atoms with Crippen molar-refractivity contribution >= 4 is 33.5 Å². The van der Waals surface area contributed by atoms with Crippen LogP contribution in [0, 0.1) is 11.8 Å². The number of aryl methyl sites for hydroxylation is 2. The van der Waals surface area contributed by atoms with Gasteiger partial charge in [0.05, 0.1) is 15.9 Å². The van der Waals surface area contributed by atoms with Crippen molar-refractivity contribution in [2.45, 2.75) is 30.6 Å². The SMILES string of the molecule is Cl.Cn1c(=O)n(C)c2cc(S(=O)(=O)N3CCC(C4CCNCC4)CC3)ccc21. The number of imidazole rings is 1. The highest BCUT2D eigenvalue weighted by molar-refractivity contribution is 7.89. The molecule has 9 heteroatoms. The van der Waals surface area contributed by atoms with E-state index in [1.54, 1.807) is 36.6 Å². The third kappa shape index (κ3) is 3.63. The summed E-state index contributed by atoms with van der Waals surface area (Å²) in [7, 11) is -0.161. The van der Waals surface area contributed by atoms with E-state index in [0.29, 0.717) is 24.5 Å². The number of fused-ring (bicyclic) bond motifs is 1. The van der Waals surface area contributed by atoms with E-state index in [1.807, 2.05) is 0 Å². The fourth-order valence-corrected chi connectivity index (χ4v) is 6.19. The molecule has 0 saturated carbocycles. The van der Waals surface area contributed by atoms with Crippen molar-refractivity contribution in [2.24, 2.45) is 25.9 Å². The molecule has 28 heavy (non-hydrogen) atoms. The lowest BCUT2D eigenvalue weighted by Gasteiger charge is -2.37. The molecule has 2 aliphatic rings. The molecule has 0 radical (unpaired) electrons. The minimum Gasteiger partial charge on any atom is -0.317 e. The van der Waals surface area contributed by atoms with Crippen LogP contribution in [0.5, 0.6) is 0 Å². The maximum atomic E-state index is 13.1. The normalized spacial score (nSPS) is 20.4. The smallest absolute Gasteiger partial charge is 0.317 e. The molecule has 7 nitrogen and oxygen atoms in total. The van der Waals surface area contributed by atoms with E-state index >= 15 is 0 Å². The summed E-state index contributed by atoms with van der Waals surface area (Å²) in [6, 6.07) is 4.98. The molecule has 2 fully saturated rings. The Balaban J connectivity index is 0.00000225. The van der Waals surface area contributed by atoms with Gasteiger partial charge in [0.1, 0.15) is 0 Å². The van der Waals surface area contributed by atoms with Crippen molar-refractivity contribution in [3.05, 3.63) is 28.7 Å². The van der Waals surface area contributed by atoms with Gasteiger partial charge in [-0.1, -0.05) is 0 Å². The van der Waals surface area contributed by atoms with Crippen LogP contribution in [0.25, 0.3) is 11.0 Å². The first-order valence-corrected chi connectivity index (χ1v) is 11.2. The molecule has 0 amide bonds. The maximum Gasteiger partial charge on any atom is 0.328 e. The van der Waals surface area contributed by atoms with Crippen LogP contribution in [0.4, 0.5) is 0 Å². The van der Waals surface area contributed by atoms with Crippen LogP contribution in [0.3, 0.4) is 0 Å². The van der Waals surface area contributed by atoms with Gasteiger partial charge in [0, 0.05) is 27.2 Å². The molecular formula is C19H29ClN4O3S. The topological polar surface area (TPSA) is 76.3 Å². The molecule has 0 aliphatic carbocycles. The quantitative estimate of drug-likeness (QED) is 0.807. The Hall–Kier alpha value is -1.35. The third-order valence-corrected chi connectivity index (χ3v) is 8.32. The Kier molecular flexibility index (Phi) is 6.24. The molecule has 1 N–H and O–H groups in total. The second kappa shape index (κ2) is 8.18. The number of hydrogen-bond donors (Lipinski definition) is 1. The largest absolute Gasteiger partial charge is 0.328 e. The highest BCUT2D eigenvalue weighted by Gasteiger charge is 2.33. The van der Waals surface area contributed by atoms with Crippen LogP contribution in [0.1, 0.15) is 25.7 Å². The number of halogens is 1. The number of sulfonamides is 1. The van der Waals surface area contributed by atoms with E-state index in [-0.39, 0.29) is 23.0 Å². The lowest BCUT2D eigenvalue weighted by Crippen LogP contribution is -2.41. The van der Waals surface area contributed by atoms with Crippen molar-refractivity contribution < 1.29 is 8.42 Å². The summed E-state index contributed by atoms with van der Waals surface area (Å²) in [5.74, 6) is 1.36. The summed E-state index contributed by atoms with van der Waals surface area (Å²) >= 11 is 0. The fraction of sp³-hybridized carbons (Fsp3) is 0.632. The van der Waals surface area contributed by atoms with Gasteiger partial charge in [0.25, 0.3) is 0 Å². The van der Waals surface area contributed by atoms with Gasteiger partial charge >= 0.3 is 5.69 Å². The van der Waals surface area contributed by atoms with Crippen molar-refractivity contribution in [1.29, 1.82) is 0 Å². The molecule has 1 aromatic carbocycles. The first kappa shape index (κ1) is 21.4. The number of rotatable bonds is 3. The predicted molar refractivity (Wildman–Crippen MR) is 112 cm³/mol. The van der Waals surface area contributed by atoms with E-state index in [2.05, 4.69) is 5.32 Å². The average Bonchev–Trinajstić information content (AvgIpc) is 2.92. The van der Waals surface area contributed by atoms with Crippen molar-refractivity contribution in [2.75, 3.05) is 26.2 Å². The summed E-state index contributed by atoms with van der Waals surface area (Å²) in [5, 5.41) is 3.40. The minimum absolute atomic E-state index is 0. The second-order valence-electron chi connectivity index (χ2n) is 7.88. The standard InChI is InChI=1S/C19H28N4O3S.ClH/c1-21-17-4-3-16(13-18(17)22(2)19(21)24)27(25,26)23-11-7-15(8-12-23)14-5-9-20-10-6-14;/h3-4,13-15,20H,5-12H2,1-2H3;1H. The third-order valence-electron chi connectivity index (χ3n) is 6.43. The Morgan fingerprint density at radius 3 is 2.14 bits per heavy atom. The number of nitrogens with one attached hydrogen (secondary N) is 1. The summed E-state index contributed by atoms with van der Waals surface area (Å²) in [5.41, 5.74) is 1.24. The van der Waals surface area contributed by atoms with Crippen LogP contribution in [0.2, 0.25) is 0 Å². The van der Waals surface area contributed by atoms with E-state index in [1.165, 1.54) is 22.0 Å². The first-order chi connectivity index (χ1) is 12.9. The fourth-order valence-electron chi connectivity index (χ4n) is 4.70. The van der Waals surface area contributed by atoms with Crippen molar-refractivity contribution in [3.63, 3.8) is 0 Å². The average molecular weight is 429 g/mol. The van der Waals surface area contributed by atoms with Crippen LogP contribution >= 0.6 is 12.4 Å². The molecule has 0 spiro atoms. The van der Waals surface area contributed by atoms with E-state index in [4.69, 9.17) is 0 Å². The molecule has 2 saturated heterocycles. The number of piperidine rings is 2. The number of hydrogen-bond acceptors (Lipinski definition) is 4. The molecule has 4 rings (SSSR count). The van der Waals surface area contributed by atoms with Gasteiger partial charge in [-0.05, 0) is 68.8 Å². The predicted octanol–water partition coefficient (Wildman–Crippen LogP) is 1.70. The summed E-state index contributed by atoms with van der Waals surface area (Å²) in [6.45, 7) is 3.34. The molecule has 0 bridgehead atoms. The van der Waals surface area contributed by atoms with Crippen LogP contribution < -0.4 is 11.0 Å². The molecule has 0 atom stereocenters. The number of nitrogens with zero attached hydrogens (tertiary/aromatic N) is 3. The molecular weight excluding hydrogens is 400 g/mol. The van der Waals surface area contributed by atoms with Gasteiger partial charge in [0.2, 0.25) is 10.0 Å². The molecule has 156 valence electrons. The van der Waals surface area contributed by atoms with Gasteiger partial charge in [-0.15, -0.1) is 12.4 Å². The first-order valence-electron chi connectivity index (χ1n) is 9.76. The van der Waals surface area contributed by atoms with Gasteiger partial charge in [-0.2, -0.15) is 4.31 Å². The van der Waals surface area contributed by atoms with Crippen molar-refractivity contribution in [1.82, 2.24) is 18.8 Å². The lowest BCUT2D eigenvalue weighted by atomic mass is 9.79. The zero-order valence-corrected chi connectivity index (χ0v) is 18.1.